The summed E-state index contributed by atoms with van der Waals surface area (Å²) in [4.78, 5) is 5.78. The first-order valence-electron chi connectivity index (χ1n) is 6.05. The van der Waals surface area contributed by atoms with Crippen LogP contribution in [0.3, 0.4) is 0 Å². The molecule has 1 saturated heterocycles. The van der Waals surface area contributed by atoms with Crippen LogP contribution in [-0.2, 0) is 11.3 Å². The molecule has 0 amide bonds. The van der Waals surface area contributed by atoms with Crippen molar-refractivity contribution in [2.45, 2.75) is 6.54 Å². The number of nitrogens with zero attached hydrogens (tertiary/aromatic N) is 2. The lowest BCUT2D eigenvalue weighted by Gasteiger charge is -2.35. The monoisotopic (exact) mass is 285 g/mol. The third-order valence-electron chi connectivity index (χ3n) is 3.29. The van der Waals surface area contributed by atoms with Gasteiger partial charge >= 0.3 is 0 Å². The molecule has 18 heavy (non-hydrogen) atoms. The number of ether oxygens (including phenoxy) is 1. The second-order valence-corrected chi connectivity index (χ2v) is 6.20. The van der Waals surface area contributed by atoms with Crippen molar-refractivity contribution in [2.24, 2.45) is 5.73 Å². The van der Waals surface area contributed by atoms with E-state index in [1.54, 1.807) is 11.3 Å². The van der Waals surface area contributed by atoms with Crippen molar-refractivity contribution < 1.29 is 4.74 Å². The van der Waals surface area contributed by atoms with Gasteiger partial charge in [0.2, 0.25) is 0 Å². The molecule has 0 aliphatic carbocycles. The highest BCUT2D eigenvalue weighted by atomic mass is 35.5. The molecular formula is C12H16ClN3OS. The van der Waals surface area contributed by atoms with Gasteiger partial charge in [0.1, 0.15) is 0 Å². The third kappa shape index (κ3) is 2.23. The molecule has 0 unspecified atom stereocenters. The van der Waals surface area contributed by atoms with Crippen molar-refractivity contribution in [3.05, 3.63) is 27.0 Å². The second kappa shape index (κ2) is 5.09. The van der Waals surface area contributed by atoms with Crippen LogP contribution in [0.15, 0.2) is 12.3 Å². The molecule has 4 nitrogen and oxygen atoms in total. The number of fused-ring (bicyclic) bond motifs is 1. The molecule has 0 bridgehead atoms. The molecule has 2 aliphatic heterocycles. The van der Waals surface area contributed by atoms with Crippen molar-refractivity contribution >= 4 is 28.6 Å². The van der Waals surface area contributed by atoms with E-state index in [0.29, 0.717) is 6.67 Å². The summed E-state index contributed by atoms with van der Waals surface area (Å²) in [5.41, 5.74) is 8.26. The van der Waals surface area contributed by atoms with Crippen LogP contribution < -0.4 is 5.73 Å². The Kier molecular flexibility index (Phi) is 3.48. The van der Waals surface area contributed by atoms with E-state index in [9.17, 15) is 0 Å². The third-order valence-corrected chi connectivity index (χ3v) is 4.54. The number of morpholine rings is 1. The highest BCUT2D eigenvalue weighted by Gasteiger charge is 2.24. The van der Waals surface area contributed by atoms with E-state index in [4.69, 9.17) is 22.1 Å². The predicted octanol–water partition coefficient (Wildman–Crippen LogP) is 1.76. The highest BCUT2D eigenvalue weighted by Crippen LogP contribution is 2.37. The molecule has 3 heterocycles. The van der Waals surface area contributed by atoms with Gasteiger partial charge in [0.15, 0.2) is 0 Å². The minimum absolute atomic E-state index is 0.531. The van der Waals surface area contributed by atoms with Gasteiger partial charge in [-0.3, -0.25) is 0 Å². The molecule has 0 aromatic carbocycles. The predicted molar refractivity (Wildman–Crippen MR) is 74.3 cm³/mol. The number of hydrogen-bond donors (Lipinski definition) is 1. The van der Waals surface area contributed by atoms with Gasteiger partial charge in [-0.15, -0.1) is 11.3 Å². The number of halogens is 1. The lowest BCUT2D eigenvalue weighted by molar-refractivity contribution is 0.0632. The molecule has 2 N–H and O–H groups in total. The standard InChI is InChI=1S/C12H16ClN3OS/c13-12-5-9-10(16-1-3-17-4-2-16)6-15(8-14)7-11(9)18-12/h5-6H,1-4,7-8,14H2. The molecule has 1 aromatic rings. The SMILES string of the molecule is NCN1C=C(N2CCOCC2)c2cc(Cl)sc2C1. The average molecular weight is 286 g/mol. The Hall–Kier alpha value is -0.750. The molecule has 0 spiro atoms. The van der Waals surface area contributed by atoms with Gasteiger partial charge in [-0.05, 0) is 6.07 Å². The fraction of sp³-hybridized carbons (Fsp3) is 0.500. The molecule has 0 saturated carbocycles. The normalized spacial score (nSPS) is 19.8. The summed E-state index contributed by atoms with van der Waals surface area (Å²) in [5.74, 6) is 0. The molecule has 6 heteroatoms. The summed E-state index contributed by atoms with van der Waals surface area (Å²) in [6.45, 7) is 4.81. The smallest absolute Gasteiger partial charge is 0.0938 e. The minimum atomic E-state index is 0.531. The van der Waals surface area contributed by atoms with Crippen LogP contribution >= 0.6 is 22.9 Å². The zero-order valence-corrected chi connectivity index (χ0v) is 11.6. The van der Waals surface area contributed by atoms with E-state index in [0.717, 1.165) is 37.2 Å². The first kappa shape index (κ1) is 12.3. The zero-order chi connectivity index (χ0) is 12.5. The summed E-state index contributed by atoms with van der Waals surface area (Å²) in [6.07, 6.45) is 2.15. The van der Waals surface area contributed by atoms with E-state index < -0.39 is 0 Å². The Morgan fingerprint density at radius 1 is 1.39 bits per heavy atom. The van der Waals surface area contributed by atoms with Crippen molar-refractivity contribution in [1.29, 1.82) is 0 Å². The molecule has 98 valence electrons. The lowest BCUT2D eigenvalue weighted by Crippen LogP contribution is -2.38. The van der Waals surface area contributed by atoms with Gasteiger partial charge in [0.25, 0.3) is 0 Å². The first-order valence-corrected chi connectivity index (χ1v) is 7.24. The Balaban J connectivity index is 1.95. The number of hydrogen-bond acceptors (Lipinski definition) is 5. The van der Waals surface area contributed by atoms with Crippen LogP contribution in [0.1, 0.15) is 10.4 Å². The largest absolute Gasteiger partial charge is 0.378 e. The van der Waals surface area contributed by atoms with Crippen LogP contribution in [-0.4, -0.2) is 42.8 Å². The van der Waals surface area contributed by atoms with E-state index in [1.807, 2.05) is 0 Å². The lowest BCUT2D eigenvalue weighted by atomic mass is 10.1. The highest BCUT2D eigenvalue weighted by molar-refractivity contribution is 7.16. The molecule has 0 radical (unpaired) electrons. The molecule has 0 atom stereocenters. The maximum Gasteiger partial charge on any atom is 0.0938 e. The van der Waals surface area contributed by atoms with Crippen LogP contribution in [0.4, 0.5) is 0 Å². The second-order valence-electron chi connectivity index (χ2n) is 4.43. The summed E-state index contributed by atoms with van der Waals surface area (Å²) in [5, 5.41) is 0. The van der Waals surface area contributed by atoms with Crippen LogP contribution in [0.2, 0.25) is 4.34 Å². The van der Waals surface area contributed by atoms with E-state index in [2.05, 4.69) is 22.1 Å². The Morgan fingerprint density at radius 3 is 2.89 bits per heavy atom. The topological polar surface area (TPSA) is 41.7 Å². The number of rotatable bonds is 2. The maximum atomic E-state index is 6.14. The van der Waals surface area contributed by atoms with Gasteiger partial charge in [-0.1, -0.05) is 11.6 Å². The summed E-state index contributed by atoms with van der Waals surface area (Å²) < 4.78 is 6.25. The molecule has 3 rings (SSSR count). The van der Waals surface area contributed by atoms with Gasteiger partial charge < -0.3 is 20.3 Å². The minimum Gasteiger partial charge on any atom is -0.378 e. The average Bonchev–Trinajstić information content (AvgIpc) is 2.78. The van der Waals surface area contributed by atoms with Crippen LogP contribution in [0.25, 0.3) is 5.70 Å². The molecular weight excluding hydrogens is 270 g/mol. The quantitative estimate of drug-likeness (QED) is 0.899. The number of nitrogens with two attached hydrogens (primary N) is 1. The Labute approximate surface area is 116 Å². The van der Waals surface area contributed by atoms with E-state index in [1.165, 1.54) is 16.1 Å². The van der Waals surface area contributed by atoms with E-state index in [-0.39, 0.29) is 0 Å². The van der Waals surface area contributed by atoms with Crippen molar-refractivity contribution in [3.63, 3.8) is 0 Å². The number of thiophene rings is 1. The van der Waals surface area contributed by atoms with Gasteiger partial charge in [-0.2, -0.15) is 0 Å². The summed E-state index contributed by atoms with van der Waals surface area (Å²) >= 11 is 7.79. The van der Waals surface area contributed by atoms with Crippen LogP contribution in [0.5, 0.6) is 0 Å². The van der Waals surface area contributed by atoms with E-state index >= 15 is 0 Å². The molecule has 1 fully saturated rings. The fourth-order valence-corrected chi connectivity index (χ4v) is 3.68. The van der Waals surface area contributed by atoms with Crippen molar-refractivity contribution in [3.8, 4) is 0 Å². The Bertz CT molecular complexity index is 468. The van der Waals surface area contributed by atoms with Gasteiger partial charge in [-0.25, -0.2) is 0 Å². The van der Waals surface area contributed by atoms with Crippen molar-refractivity contribution in [2.75, 3.05) is 33.0 Å². The van der Waals surface area contributed by atoms with Crippen LogP contribution in [0, 0.1) is 0 Å². The first-order chi connectivity index (χ1) is 8.78. The summed E-state index contributed by atoms with van der Waals surface area (Å²) in [7, 11) is 0. The summed E-state index contributed by atoms with van der Waals surface area (Å²) in [6, 6.07) is 2.07. The zero-order valence-electron chi connectivity index (χ0n) is 10.1. The van der Waals surface area contributed by atoms with Gasteiger partial charge in [0, 0.05) is 29.7 Å². The Morgan fingerprint density at radius 2 is 2.17 bits per heavy atom. The van der Waals surface area contributed by atoms with Gasteiger partial charge in [0.05, 0.1) is 36.5 Å². The maximum absolute atomic E-state index is 6.14. The fourth-order valence-electron chi connectivity index (χ4n) is 2.38. The molecule has 2 aliphatic rings. The van der Waals surface area contributed by atoms with Crippen molar-refractivity contribution in [1.82, 2.24) is 9.80 Å². The molecule has 1 aromatic heterocycles.